The molecule has 0 spiro atoms. The SMILES string of the molecule is CC(C)C(=O)Nc1cccc(OC(=O)Nc2ccccc2F)c1. The third-order valence-electron chi connectivity index (χ3n) is 2.95. The molecule has 2 rings (SSSR count). The van der Waals surface area contributed by atoms with Crippen molar-refractivity contribution < 1.29 is 18.7 Å². The summed E-state index contributed by atoms with van der Waals surface area (Å²) in [5, 5.41) is 5.02. The van der Waals surface area contributed by atoms with Crippen LogP contribution in [0, 0.1) is 11.7 Å². The van der Waals surface area contributed by atoms with Crippen LogP contribution in [0.3, 0.4) is 0 Å². The molecule has 0 heterocycles. The van der Waals surface area contributed by atoms with Crippen molar-refractivity contribution in [3.05, 3.63) is 54.3 Å². The molecule has 0 saturated heterocycles. The molecule has 0 saturated carbocycles. The van der Waals surface area contributed by atoms with Crippen LogP contribution in [0.2, 0.25) is 0 Å². The maximum absolute atomic E-state index is 13.5. The molecule has 23 heavy (non-hydrogen) atoms. The van der Waals surface area contributed by atoms with Gasteiger partial charge in [-0.25, -0.2) is 9.18 Å². The van der Waals surface area contributed by atoms with Gasteiger partial charge in [0, 0.05) is 17.7 Å². The Bertz CT molecular complexity index is 716. The standard InChI is InChI=1S/C17H17FN2O3/c1-11(2)16(21)19-12-6-5-7-13(10-12)23-17(22)20-15-9-4-3-8-14(15)18/h3-11H,1-2H3,(H,19,21)(H,20,22). The van der Waals surface area contributed by atoms with E-state index in [4.69, 9.17) is 4.74 Å². The molecule has 0 bridgehead atoms. The minimum atomic E-state index is -0.817. The Labute approximate surface area is 133 Å². The van der Waals surface area contributed by atoms with Gasteiger partial charge in [0.1, 0.15) is 11.6 Å². The quantitative estimate of drug-likeness (QED) is 0.895. The highest BCUT2D eigenvalue weighted by atomic mass is 19.1. The first-order valence-corrected chi connectivity index (χ1v) is 7.10. The number of benzene rings is 2. The van der Waals surface area contributed by atoms with Crippen LogP contribution in [-0.4, -0.2) is 12.0 Å². The largest absolute Gasteiger partial charge is 0.417 e. The Kier molecular flexibility index (Phi) is 5.30. The van der Waals surface area contributed by atoms with Crippen molar-refractivity contribution in [2.24, 2.45) is 5.92 Å². The molecule has 120 valence electrons. The minimum absolute atomic E-state index is 0.0294. The summed E-state index contributed by atoms with van der Waals surface area (Å²) in [6, 6.07) is 12.2. The fourth-order valence-electron chi connectivity index (χ4n) is 1.73. The third-order valence-corrected chi connectivity index (χ3v) is 2.95. The molecule has 2 aromatic rings. The molecule has 0 radical (unpaired) electrons. The number of hydrogen-bond donors (Lipinski definition) is 2. The number of hydrogen-bond acceptors (Lipinski definition) is 3. The highest BCUT2D eigenvalue weighted by Gasteiger charge is 2.10. The zero-order chi connectivity index (χ0) is 16.8. The van der Waals surface area contributed by atoms with E-state index >= 15 is 0 Å². The van der Waals surface area contributed by atoms with Gasteiger partial charge in [-0.15, -0.1) is 0 Å². The number of carbonyl (C=O) groups is 2. The zero-order valence-corrected chi connectivity index (χ0v) is 12.8. The minimum Gasteiger partial charge on any atom is -0.410 e. The first-order chi connectivity index (χ1) is 11.0. The lowest BCUT2D eigenvalue weighted by Gasteiger charge is -2.10. The topological polar surface area (TPSA) is 67.4 Å². The molecule has 5 nitrogen and oxygen atoms in total. The molecule has 0 aliphatic heterocycles. The van der Waals surface area contributed by atoms with E-state index in [1.54, 1.807) is 38.1 Å². The number of amides is 2. The maximum Gasteiger partial charge on any atom is 0.417 e. The molecule has 0 unspecified atom stereocenters. The van der Waals surface area contributed by atoms with Crippen molar-refractivity contribution in [2.45, 2.75) is 13.8 Å². The van der Waals surface area contributed by atoms with Gasteiger partial charge in [0.25, 0.3) is 0 Å². The molecule has 0 aromatic heterocycles. The summed E-state index contributed by atoms with van der Waals surface area (Å²) in [5.74, 6) is -0.621. The first kappa shape index (κ1) is 16.5. The van der Waals surface area contributed by atoms with E-state index in [1.807, 2.05) is 0 Å². The molecule has 0 fully saturated rings. The zero-order valence-electron chi connectivity index (χ0n) is 12.8. The van der Waals surface area contributed by atoms with Crippen LogP contribution in [-0.2, 0) is 4.79 Å². The van der Waals surface area contributed by atoms with Gasteiger partial charge in [-0.3, -0.25) is 10.1 Å². The summed E-state index contributed by atoms with van der Waals surface area (Å²) >= 11 is 0. The Morgan fingerprint density at radius 2 is 1.78 bits per heavy atom. The molecule has 2 amide bonds. The van der Waals surface area contributed by atoms with Gasteiger partial charge in [-0.1, -0.05) is 32.0 Å². The number of carbonyl (C=O) groups excluding carboxylic acids is 2. The first-order valence-electron chi connectivity index (χ1n) is 7.10. The highest BCUT2D eigenvalue weighted by molar-refractivity contribution is 5.92. The predicted molar refractivity (Wildman–Crippen MR) is 86.0 cm³/mol. The Hall–Kier alpha value is -2.89. The van der Waals surface area contributed by atoms with E-state index in [2.05, 4.69) is 10.6 Å². The second-order valence-electron chi connectivity index (χ2n) is 5.17. The van der Waals surface area contributed by atoms with E-state index in [9.17, 15) is 14.0 Å². The van der Waals surface area contributed by atoms with Gasteiger partial charge in [-0.05, 0) is 24.3 Å². The predicted octanol–water partition coefficient (Wildman–Crippen LogP) is 4.03. The second-order valence-corrected chi connectivity index (χ2v) is 5.17. The van der Waals surface area contributed by atoms with Crippen LogP contribution in [0.15, 0.2) is 48.5 Å². The summed E-state index contributed by atoms with van der Waals surface area (Å²) in [6.07, 6.45) is -0.817. The van der Waals surface area contributed by atoms with Crippen LogP contribution < -0.4 is 15.4 Å². The summed E-state index contributed by atoms with van der Waals surface area (Å²) < 4.78 is 18.5. The lowest BCUT2D eigenvalue weighted by molar-refractivity contribution is -0.118. The van der Waals surface area contributed by atoms with Crippen LogP contribution in [0.25, 0.3) is 0 Å². The van der Waals surface area contributed by atoms with Crippen molar-refractivity contribution in [1.82, 2.24) is 0 Å². The maximum atomic E-state index is 13.5. The molecule has 0 aliphatic rings. The normalized spacial score (nSPS) is 10.3. The fourth-order valence-corrected chi connectivity index (χ4v) is 1.73. The number of rotatable bonds is 4. The number of anilines is 2. The molecule has 6 heteroatoms. The van der Waals surface area contributed by atoms with E-state index in [-0.39, 0.29) is 23.3 Å². The number of nitrogens with one attached hydrogen (secondary N) is 2. The fraction of sp³-hybridized carbons (Fsp3) is 0.176. The van der Waals surface area contributed by atoms with E-state index in [0.717, 1.165) is 0 Å². The van der Waals surface area contributed by atoms with Gasteiger partial charge in [-0.2, -0.15) is 0 Å². The van der Waals surface area contributed by atoms with Crippen molar-refractivity contribution in [3.63, 3.8) is 0 Å². The Balaban J connectivity index is 2.01. The summed E-state index contributed by atoms with van der Waals surface area (Å²) in [4.78, 5) is 23.4. The van der Waals surface area contributed by atoms with Crippen LogP contribution >= 0.6 is 0 Å². The number of ether oxygens (including phenoxy) is 1. The smallest absolute Gasteiger partial charge is 0.410 e. The molecule has 2 N–H and O–H groups in total. The molecule has 0 atom stereocenters. The third kappa shape index (κ3) is 4.81. The van der Waals surface area contributed by atoms with Crippen molar-refractivity contribution in [1.29, 1.82) is 0 Å². The summed E-state index contributed by atoms with van der Waals surface area (Å²) in [6.45, 7) is 3.55. The second kappa shape index (κ2) is 7.40. The van der Waals surface area contributed by atoms with Gasteiger partial charge in [0.15, 0.2) is 0 Å². The van der Waals surface area contributed by atoms with Crippen molar-refractivity contribution in [2.75, 3.05) is 10.6 Å². The lowest BCUT2D eigenvalue weighted by atomic mass is 10.2. The average molecular weight is 316 g/mol. The summed E-state index contributed by atoms with van der Waals surface area (Å²) in [5.41, 5.74) is 0.543. The highest BCUT2D eigenvalue weighted by Crippen LogP contribution is 2.19. The average Bonchev–Trinajstić information content (AvgIpc) is 2.49. The monoisotopic (exact) mass is 316 g/mol. The van der Waals surface area contributed by atoms with Gasteiger partial charge >= 0.3 is 6.09 Å². The van der Waals surface area contributed by atoms with Crippen LogP contribution in [0.5, 0.6) is 5.75 Å². The van der Waals surface area contributed by atoms with E-state index in [0.29, 0.717) is 5.69 Å². The van der Waals surface area contributed by atoms with E-state index in [1.165, 1.54) is 24.3 Å². The van der Waals surface area contributed by atoms with Gasteiger partial charge < -0.3 is 10.1 Å². The van der Waals surface area contributed by atoms with Crippen LogP contribution in [0.4, 0.5) is 20.6 Å². The Morgan fingerprint density at radius 1 is 1.04 bits per heavy atom. The molecule has 2 aromatic carbocycles. The molecular formula is C17H17FN2O3. The Morgan fingerprint density at radius 3 is 2.48 bits per heavy atom. The van der Waals surface area contributed by atoms with Crippen molar-refractivity contribution in [3.8, 4) is 5.75 Å². The molecule has 0 aliphatic carbocycles. The van der Waals surface area contributed by atoms with Crippen molar-refractivity contribution >= 4 is 23.4 Å². The summed E-state index contributed by atoms with van der Waals surface area (Å²) in [7, 11) is 0. The number of halogens is 1. The lowest BCUT2D eigenvalue weighted by Crippen LogP contribution is -2.19. The van der Waals surface area contributed by atoms with Gasteiger partial charge in [0.2, 0.25) is 5.91 Å². The molecular weight excluding hydrogens is 299 g/mol. The van der Waals surface area contributed by atoms with E-state index < -0.39 is 11.9 Å². The number of para-hydroxylation sites is 1. The van der Waals surface area contributed by atoms with Gasteiger partial charge in [0.05, 0.1) is 5.69 Å². The van der Waals surface area contributed by atoms with Crippen LogP contribution in [0.1, 0.15) is 13.8 Å².